The number of benzene rings is 1. The highest BCUT2D eigenvalue weighted by molar-refractivity contribution is 7.89. The maximum absolute atomic E-state index is 13.0. The van der Waals surface area contributed by atoms with Gasteiger partial charge in [0.15, 0.2) is 5.13 Å². The van der Waals surface area contributed by atoms with Crippen molar-refractivity contribution in [1.29, 1.82) is 0 Å². The monoisotopic (exact) mass is 381 g/mol. The summed E-state index contributed by atoms with van der Waals surface area (Å²) >= 11 is 1.31. The number of amides is 1. The number of carbonyl (C=O) groups excluding carboxylic acids is 1. The van der Waals surface area contributed by atoms with Gasteiger partial charge >= 0.3 is 0 Å². The van der Waals surface area contributed by atoms with E-state index in [2.05, 4.69) is 10.3 Å². The van der Waals surface area contributed by atoms with E-state index < -0.39 is 15.9 Å². The Bertz CT molecular complexity index is 829. The van der Waals surface area contributed by atoms with Crippen LogP contribution in [0, 0.1) is 13.8 Å². The molecule has 2 rings (SSSR count). The van der Waals surface area contributed by atoms with Gasteiger partial charge in [-0.3, -0.25) is 4.79 Å². The predicted molar refractivity (Wildman–Crippen MR) is 100 cm³/mol. The minimum absolute atomic E-state index is 0.191. The molecule has 1 unspecified atom stereocenters. The first-order valence-corrected chi connectivity index (χ1v) is 10.4. The summed E-state index contributed by atoms with van der Waals surface area (Å²) in [5, 5.41) is 4.96. The summed E-state index contributed by atoms with van der Waals surface area (Å²) < 4.78 is 27.2. The summed E-state index contributed by atoms with van der Waals surface area (Å²) in [5.41, 5.74) is 1.79. The van der Waals surface area contributed by atoms with E-state index in [-0.39, 0.29) is 17.5 Å². The molecule has 1 aromatic heterocycles. The van der Waals surface area contributed by atoms with Crippen molar-refractivity contribution in [2.24, 2.45) is 0 Å². The minimum Gasteiger partial charge on any atom is -0.301 e. The lowest BCUT2D eigenvalue weighted by atomic mass is 10.2. The van der Waals surface area contributed by atoms with Crippen LogP contribution in [0.5, 0.6) is 0 Å². The number of hydrogen-bond acceptors (Lipinski definition) is 5. The number of thiazole rings is 1. The normalized spacial score (nSPS) is 13.0. The van der Waals surface area contributed by atoms with Crippen LogP contribution in [0.15, 0.2) is 34.5 Å². The lowest BCUT2D eigenvalue weighted by Gasteiger charge is -2.27. The van der Waals surface area contributed by atoms with E-state index >= 15 is 0 Å². The van der Waals surface area contributed by atoms with E-state index in [1.54, 1.807) is 31.2 Å². The minimum atomic E-state index is -3.76. The van der Waals surface area contributed by atoms with Gasteiger partial charge in [0.25, 0.3) is 0 Å². The van der Waals surface area contributed by atoms with Crippen molar-refractivity contribution in [3.05, 3.63) is 40.9 Å². The fraction of sp³-hybridized carbons (Fsp3) is 0.412. The number of aromatic nitrogens is 1. The Kier molecular flexibility index (Phi) is 6.31. The van der Waals surface area contributed by atoms with Crippen molar-refractivity contribution in [2.75, 3.05) is 11.9 Å². The number of nitrogens with zero attached hydrogens (tertiary/aromatic N) is 2. The van der Waals surface area contributed by atoms with E-state index in [9.17, 15) is 13.2 Å². The second-order valence-corrected chi connectivity index (χ2v) is 8.71. The molecule has 1 atom stereocenters. The predicted octanol–water partition coefficient (Wildman–Crippen LogP) is 3.19. The highest BCUT2D eigenvalue weighted by Gasteiger charge is 2.30. The molecule has 0 aliphatic heterocycles. The molecule has 0 saturated carbocycles. The van der Waals surface area contributed by atoms with Gasteiger partial charge in [-0.25, -0.2) is 13.4 Å². The number of nitrogens with one attached hydrogen (secondary N) is 1. The van der Waals surface area contributed by atoms with Crippen LogP contribution in [-0.4, -0.2) is 36.2 Å². The van der Waals surface area contributed by atoms with Gasteiger partial charge in [-0.15, -0.1) is 11.3 Å². The fourth-order valence-electron chi connectivity index (χ4n) is 2.24. The zero-order valence-electron chi connectivity index (χ0n) is 14.8. The van der Waals surface area contributed by atoms with Crippen LogP contribution in [0.2, 0.25) is 0 Å². The number of hydrogen-bond donors (Lipinski definition) is 1. The second-order valence-electron chi connectivity index (χ2n) is 5.96. The molecule has 25 heavy (non-hydrogen) atoms. The molecular formula is C17H23N3O3S2. The standard InChI is InChI=1S/C17H23N3O3S2/c1-5-14(4)20(10-16(21)19-17-18-13(3)11-24-17)25(22,23)15-8-6-12(2)7-9-15/h6-9,11,14H,5,10H2,1-4H3,(H,18,19,21). The van der Waals surface area contributed by atoms with Crippen LogP contribution in [0.4, 0.5) is 5.13 Å². The number of aryl methyl sites for hydroxylation is 2. The highest BCUT2D eigenvalue weighted by Crippen LogP contribution is 2.21. The van der Waals surface area contributed by atoms with Crippen molar-refractivity contribution < 1.29 is 13.2 Å². The number of anilines is 1. The van der Waals surface area contributed by atoms with Crippen molar-refractivity contribution in [2.45, 2.75) is 45.1 Å². The molecule has 6 nitrogen and oxygen atoms in total. The molecule has 0 fully saturated rings. The summed E-state index contributed by atoms with van der Waals surface area (Å²) in [6.45, 7) is 7.17. The lowest BCUT2D eigenvalue weighted by molar-refractivity contribution is -0.116. The van der Waals surface area contributed by atoms with Gasteiger partial charge in [0.2, 0.25) is 15.9 Å². The number of sulfonamides is 1. The third-order valence-corrected chi connectivity index (χ3v) is 6.72. The van der Waals surface area contributed by atoms with Crippen LogP contribution in [-0.2, 0) is 14.8 Å². The highest BCUT2D eigenvalue weighted by atomic mass is 32.2. The topological polar surface area (TPSA) is 79.4 Å². The summed E-state index contributed by atoms with van der Waals surface area (Å²) in [5.74, 6) is -0.398. The molecule has 1 N–H and O–H groups in total. The molecule has 1 aromatic carbocycles. The Morgan fingerprint density at radius 1 is 1.28 bits per heavy atom. The van der Waals surface area contributed by atoms with E-state index in [0.29, 0.717) is 11.6 Å². The zero-order chi connectivity index (χ0) is 18.6. The molecule has 0 aliphatic rings. The average molecular weight is 382 g/mol. The number of carbonyl (C=O) groups is 1. The summed E-state index contributed by atoms with van der Waals surface area (Å²) in [4.78, 5) is 16.7. The second kappa shape index (κ2) is 8.07. The van der Waals surface area contributed by atoms with Crippen molar-refractivity contribution in [3.8, 4) is 0 Å². The Balaban J connectivity index is 2.23. The SMILES string of the molecule is CCC(C)N(CC(=O)Nc1nc(C)cs1)S(=O)(=O)c1ccc(C)cc1. The van der Waals surface area contributed by atoms with E-state index in [0.717, 1.165) is 11.3 Å². The van der Waals surface area contributed by atoms with Gasteiger partial charge in [0, 0.05) is 11.4 Å². The van der Waals surface area contributed by atoms with Crippen molar-refractivity contribution in [3.63, 3.8) is 0 Å². The van der Waals surface area contributed by atoms with Gasteiger partial charge in [-0.05, 0) is 39.3 Å². The van der Waals surface area contributed by atoms with E-state index in [1.807, 2.05) is 26.2 Å². The van der Waals surface area contributed by atoms with Gasteiger partial charge < -0.3 is 5.32 Å². The van der Waals surface area contributed by atoms with Crippen molar-refractivity contribution >= 4 is 32.4 Å². The van der Waals surface area contributed by atoms with E-state index in [4.69, 9.17) is 0 Å². The quantitative estimate of drug-likeness (QED) is 0.799. The molecule has 0 spiro atoms. The number of rotatable bonds is 7. The Hall–Kier alpha value is -1.77. The molecule has 0 aliphatic carbocycles. The third kappa shape index (κ3) is 4.87. The van der Waals surface area contributed by atoms with Crippen LogP contribution in [0.1, 0.15) is 31.5 Å². The maximum Gasteiger partial charge on any atom is 0.243 e. The van der Waals surface area contributed by atoms with Gasteiger partial charge in [0.1, 0.15) is 0 Å². The van der Waals surface area contributed by atoms with Crippen LogP contribution in [0.25, 0.3) is 0 Å². The molecule has 0 radical (unpaired) electrons. The van der Waals surface area contributed by atoms with Gasteiger partial charge in [0.05, 0.1) is 17.1 Å². The smallest absolute Gasteiger partial charge is 0.243 e. The zero-order valence-corrected chi connectivity index (χ0v) is 16.4. The van der Waals surface area contributed by atoms with E-state index in [1.165, 1.54) is 15.6 Å². The molecule has 1 heterocycles. The largest absolute Gasteiger partial charge is 0.301 e. The molecule has 2 aromatic rings. The van der Waals surface area contributed by atoms with Gasteiger partial charge in [-0.2, -0.15) is 4.31 Å². The van der Waals surface area contributed by atoms with Crippen molar-refractivity contribution in [1.82, 2.24) is 9.29 Å². The lowest BCUT2D eigenvalue weighted by Crippen LogP contribution is -2.43. The summed E-state index contributed by atoms with van der Waals surface area (Å²) in [6, 6.07) is 6.35. The molecule has 1 amide bonds. The fourth-order valence-corrected chi connectivity index (χ4v) is 4.60. The summed E-state index contributed by atoms with van der Waals surface area (Å²) in [7, 11) is -3.76. The molecule has 0 saturated heterocycles. The first-order valence-electron chi connectivity index (χ1n) is 8.04. The third-order valence-electron chi connectivity index (χ3n) is 3.87. The molecule has 136 valence electrons. The Morgan fingerprint density at radius 3 is 2.44 bits per heavy atom. The Morgan fingerprint density at radius 2 is 1.92 bits per heavy atom. The van der Waals surface area contributed by atoms with Crippen LogP contribution in [0.3, 0.4) is 0 Å². The average Bonchev–Trinajstić information content (AvgIpc) is 2.97. The first kappa shape index (κ1) is 19.6. The van der Waals surface area contributed by atoms with Crippen LogP contribution < -0.4 is 5.32 Å². The summed E-state index contributed by atoms with van der Waals surface area (Å²) in [6.07, 6.45) is 0.606. The molecular weight excluding hydrogens is 358 g/mol. The van der Waals surface area contributed by atoms with Crippen LogP contribution >= 0.6 is 11.3 Å². The first-order chi connectivity index (χ1) is 11.7. The molecule has 8 heteroatoms. The maximum atomic E-state index is 13.0. The Labute approximate surface area is 153 Å². The molecule has 0 bridgehead atoms. The van der Waals surface area contributed by atoms with Gasteiger partial charge in [-0.1, -0.05) is 24.6 Å².